The first-order valence-corrected chi connectivity index (χ1v) is 15.2. The molecule has 0 aliphatic heterocycles. The largest absolute Gasteiger partial charge is 0.147 e. The van der Waals surface area contributed by atoms with Crippen LogP contribution in [0.5, 0.6) is 0 Å². The average Bonchev–Trinajstić information content (AvgIpc) is 3.61. The molecule has 0 bridgehead atoms. The van der Waals surface area contributed by atoms with Gasteiger partial charge in [-0.2, -0.15) is 0 Å². The molecule has 3 aromatic carbocycles. The fraction of sp³-hybridized carbons (Fsp3) is 0.250. The summed E-state index contributed by atoms with van der Waals surface area (Å²) in [5.41, 5.74) is 4.40. The molecule has 6 aromatic rings. The van der Waals surface area contributed by atoms with Crippen LogP contribution in [0, 0.1) is 0 Å². The topological polar surface area (TPSA) is 0 Å². The van der Waals surface area contributed by atoms with Crippen LogP contribution in [-0.4, -0.2) is 0 Å². The molecule has 176 valence electrons. The third-order valence-electron chi connectivity index (χ3n) is 7.25. The Bertz CT molecular complexity index is 1610. The van der Waals surface area contributed by atoms with Crippen LogP contribution in [0.1, 0.15) is 52.6 Å². The monoisotopic (exact) mass is 510 g/mol. The van der Waals surface area contributed by atoms with E-state index in [9.17, 15) is 0 Å². The lowest BCUT2D eigenvalue weighted by molar-refractivity contribution is 0.694. The SMILES string of the molecule is CCc1csc2cc(CCc3cc4ccc(CCC(C)c5scc6ccccc56)cc4s3)ccc12. The third kappa shape index (κ3) is 4.70. The number of benzene rings is 3. The maximum Gasteiger partial charge on any atom is 0.0348 e. The van der Waals surface area contributed by atoms with Gasteiger partial charge in [-0.3, -0.25) is 0 Å². The summed E-state index contributed by atoms with van der Waals surface area (Å²) in [6.07, 6.45) is 5.68. The van der Waals surface area contributed by atoms with Crippen LogP contribution in [0.25, 0.3) is 30.9 Å². The van der Waals surface area contributed by atoms with Gasteiger partial charge in [0, 0.05) is 19.2 Å². The van der Waals surface area contributed by atoms with Gasteiger partial charge in [0.05, 0.1) is 0 Å². The van der Waals surface area contributed by atoms with Gasteiger partial charge < -0.3 is 0 Å². The normalized spacial score (nSPS) is 12.7. The average molecular weight is 511 g/mol. The van der Waals surface area contributed by atoms with Crippen molar-refractivity contribution in [3.05, 3.63) is 104 Å². The summed E-state index contributed by atoms with van der Waals surface area (Å²) in [4.78, 5) is 3.03. The van der Waals surface area contributed by atoms with Crippen molar-refractivity contribution in [1.82, 2.24) is 0 Å². The Morgan fingerprint density at radius 1 is 0.714 bits per heavy atom. The second-order valence-corrected chi connectivity index (χ2v) is 12.6. The van der Waals surface area contributed by atoms with Crippen molar-refractivity contribution in [2.24, 2.45) is 0 Å². The quantitative estimate of drug-likeness (QED) is 0.191. The summed E-state index contributed by atoms with van der Waals surface area (Å²) in [7, 11) is 0. The van der Waals surface area contributed by atoms with Crippen LogP contribution >= 0.6 is 34.0 Å². The van der Waals surface area contributed by atoms with Gasteiger partial charge in [0.2, 0.25) is 0 Å². The van der Waals surface area contributed by atoms with Gasteiger partial charge in [-0.1, -0.05) is 62.4 Å². The fourth-order valence-corrected chi connectivity index (χ4v) is 8.50. The molecule has 0 nitrogen and oxygen atoms in total. The number of hydrogen-bond acceptors (Lipinski definition) is 3. The van der Waals surface area contributed by atoms with E-state index in [0.717, 1.165) is 25.7 Å². The molecule has 3 aromatic heterocycles. The fourth-order valence-electron chi connectivity index (χ4n) is 5.14. The van der Waals surface area contributed by atoms with Crippen LogP contribution in [0.4, 0.5) is 0 Å². The van der Waals surface area contributed by atoms with Crippen LogP contribution in [0.15, 0.2) is 77.5 Å². The predicted octanol–water partition coefficient (Wildman–Crippen LogP) is 10.4. The molecule has 6 rings (SSSR count). The Kier molecular flexibility index (Phi) is 6.49. The van der Waals surface area contributed by atoms with E-state index < -0.39 is 0 Å². The number of thiophene rings is 3. The number of hydrogen-bond donors (Lipinski definition) is 0. The van der Waals surface area contributed by atoms with Gasteiger partial charge in [-0.25, -0.2) is 0 Å². The molecule has 1 atom stereocenters. The summed E-state index contributed by atoms with van der Waals surface area (Å²) >= 11 is 5.79. The van der Waals surface area contributed by atoms with E-state index in [1.807, 2.05) is 34.0 Å². The first-order chi connectivity index (χ1) is 17.2. The van der Waals surface area contributed by atoms with Crippen molar-refractivity contribution in [3.8, 4) is 0 Å². The van der Waals surface area contributed by atoms with Crippen molar-refractivity contribution in [2.75, 3.05) is 0 Å². The lowest BCUT2D eigenvalue weighted by atomic mass is 9.97. The van der Waals surface area contributed by atoms with Gasteiger partial charge in [0.15, 0.2) is 0 Å². The zero-order valence-corrected chi connectivity index (χ0v) is 22.8. The van der Waals surface area contributed by atoms with E-state index in [1.165, 1.54) is 63.8 Å². The lowest BCUT2D eigenvalue weighted by Crippen LogP contribution is -1.94. The second kappa shape index (κ2) is 9.89. The minimum Gasteiger partial charge on any atom is -0.147 e. The summed E-state index contributed by atoms with van der Waals surface area (Å²) in [5, 5.41) is 10.3. The smallest absolute Gasteiger partial charge is 0.0348 e. The van der Waals surface area contributed by atoms with Gasteiger partial charge in [0.25, 0.3) is 0 Å². The molecule has 0 aliphatic carbocycles. The summed E-state index contributed by atoms with van der Waals surface area (Å²) in [6.45, 7) is 4.63. The molecule has 3 heterocycles. The molecule has 0 fully saturated rings. The van der Waals surface area contributed by atoms with Crippen LogP contribution in [-0.2, 0) is 25.7 Å². The first kappa shape index (κ1) is 23.0. The number of aryl methyl sites for hydroxylation is 4. The molecular formula is C32H30S3. The Balaban J connectivity index is 1.12. The van der Waals surface area contributed by atoms with Crippen LogP contribution in [0.2, 0.25) is 0 Å². The Labute approximate surface area is 219 Å². The highest BCUT2D eigenvalue weighted by Crippen LogP contribution is 2.35. The molecule has 0 spiro atoms. The summed E-state index contributed by atoms with van der Waals surface area (Å²) < 4.78 is 2.87. The first-order valence-electron chi connectivity index (χ1n) is 12.6. The molecular weight excluding hydrogens is 481 g/mol. The molecule has 3 heteroatoms. The van der Waals surface area contributed by atoms with E-state index in [-0.39, 0.29) is 0 Å². The Hall–Kier alpha value is -2.46. The highest BCUT2D eigenvalue weighted by molar-refractivity contribution is 7.19. The van der Waals surface area contributed by atoms with Crippen molar-refractivity contribution in [1.29, 1.82) is 0 Å². The molecule has 0 radical (unpaired) electrons. The molecule has 1 unspecified atom stereocenters. The molecule has 0 N–H and O–H groups in total. The van der Waals surface area contributed by atoms with Crippen molar-refractivity contribution >= 4 is 65.0 Å². The third-order valence-corrected chi connectivity index (χ3v) is 10.6. The van der Waals surface area contributed by atoms with E-state index in [0.29, 0.717) is 5.92 Å². The highest BCUT2D eigenvalue weighted by atomic mass is 32.1. The molecule has 0 saturated carbocycles. The Morgan fingerprint density at radius 3 is 2.46 bits per heavy atom. The van der Waals surface area contributed by atoms with Crippen molar-refractivity contribution in [2.45, 2.75) is 51.9 Å². The Morgan fingerprint density at radius 2 is 1.54 bits per heavy atom. The summed E-state index contributed by atoms with van der Waals surface area (Å²) in [5.74, 6) is 0.587. The molecule has 0 aliphatic rings. The summed E-state index contributed by atoms with van der Waals surface area (Å²) in [6, 6.07) is 25.4. The number of fused-ring (bicyclic) bond motifs is 3. The number of rotatable bonds is 8. The van der Waals surface area contributed by atoms with E-state index in [1.54, 1.807) is 0 Å². The highest BCUT2D eigenvalue weighted by Gasteiger charge is 2.12. The van der Waals surface area contributed by atoms with Gasteiger partial charge in [0.1, 0.15) is 0 Å². The minimum absolute atomic E-state index is 0.587. The predicted molar refractivity (Wildman–Crippen MR) is 159 cm³/mol. The lowest BCUT2D eigenvalue weighted by Gasteiger charge is -2.10. The van der Waals surface area contributed by atoms with Crippen molar-refractivity contribution in [3.63, 3.8) is 0 Å². The minimum atomic E-state index is 0.587. The zero-order valence-electron chi connectivity index (χ0n) is 20.3. The molecule has 0 amide bonds. The van der Waals surface area contributed by atoms with E-state index >= 15 is 0 Å². The molecule has 35 heavy (non-hydrogen) atoms. The van der Waals surface area contributed by atoms with Crippen LogP contribution in [0.3, 0.4) is 0 Å². The van der Waals surface area contributed by atoms with E-state index in [2.05, 4.69) is 91.3 Å². The van der Waals surface area contributed by atoms with Gasteiger partial charge >= 0.3 is 0 Å². The maximum atomic E-state index is 2.44. The van der Waals surface area contributed by atoms with Gasteiger partial charge in [-0.15, -0.1) is 34.0 Å². The van der Waals surface area contributed by atoms with E-state index in [4.69, 9.17) is 0 Å². The molecule has 0 saturated heterocycles. The van der Waals surface area contributed by atoms with Gasteiger partial charge in [-0.05, 0) is 105 Å². The standard InChI is InChI=1S/C32H30S3/c1-3-24-19-33-31-17-23(12-15-28(24)31)11-14-27-18-25-13-10-22(16-30(25)35-27)9-8-21(2)32-29-7-5-4-6-26(29)20-34-32/h4-7,10,12-13,15-21H,3,8-9,11,14H2,1-2H3. The zero-order chi connectivity index (χ0) is 23.8. The van der Waals surface area contributed by atoms with Crippen molar-refractivity contribution < 1.29 is 0 Å². The maximum absolute atomic E-state index is 2.44. The van der Waals surface area contributed by atoms with Crippen LogP contribution < -0.4 is 0 Å². The second-order valence-electron chi connectivity index (χ2n) is 9.66.